The summed E-state index contributed by atoms with van der Waals surface area (Å²) in [5, 5.41) is 0. The molecule has 0 saturated carbocycles. The van der Waals surface area contributed by atoms with Crippen molar-refractivity contribution < 1.29 is 22.7 Å². The molecule has 0 aromatic heterocycles. The van der Waals surface area contributed by atoms with Crippen molar-refractivity contribution in [2.24, 2.45) is 0 Å². The van der Waals surface area contributed by atoms with E-state index in [1.165, 1.54) is 24.9 Å². The average molecular weight is 307 g/mol. The lowest BCUT2D eigenvalue weighted by atomic mass is 10.2. The predicted molar refractivity (Wildman–Crippen MR) is 71.7 cm³/mol. The van der Waals surface area contributed by atoms with Gasteiger partial charge in [0.25, 0.3) is 0 Å². The molecule has 0 amide bonds. The molecule has 0 bridgehead atoms. The van der Waals surface area contributed by atoms with Crippen LogP contribution in [0.1, 0.15) is 5.56 Å². The number of carbonyl (C=O) groups is 1. The molecule has 1 rings (SSSR count). The van der Waals surface area contributed by atoms with E-state index < -0.39 is 11.7 Å². The van der Waals surface area contributed by atoms with E-state index >= 15 is 0 Å². The zero-order chi connectivity index (χ0) is 15.2. The number of nitrogens with zero attached hydrogens (tertiary/aromatic N) is 1. The third kappa shape index (κ3) is 5.83. The highest BCUT2D eigenvalue weighted by molar-refractivity contribution is 7.99. The normalized spacial score (nSPS) is 11.7. The Balaban J connectivity index is 2.44. The van der Waals surface area contributed by atoms with Crippen LogP contribution in [-0.2, 0) is 15.7 Å². The molecular formula is C13H16F3NO2S. The molecule has 3 nitrogen and oxygen atoms in total. The molecule has 0 heterocycles. The van der Waals surface area contributed by atoms with Gasteiger partial charge in [-0.15, -0.1) is 11.8 Å². The number of carbonyl (C=O) groups excluding carboxylic acids is 1. The van der Waals surface area contributed by atoms with Gasteiger partial charge in [-0.2, -0.15) is 13.2 Å². The van der Waals surface area contributed by atoms with E-state index in [0.29, 0.717) is 17.2 Å². The Bertz CT molecular complexity index is 451. The molecule has 1 aromatic carbocycles. The number of ether oxygens (including phenoxy) is 1. The number of halogens is 3. The minimum Gasteiger partial charge on any atom is -0.468 e. The summed E-state index contributed by atoms with van der Waals surface area (Å²) in [5.41, 5.74) is -0.648. The van der Waals surface area contributed by atoms with Gasteiger partial charge in [0.05, 0.1) is 19.2 Å². The highest BCUT2D eigenvalue weighted by Crippen LogP contribution is 2.31. The minimum absolute atomic E-state index is 0.166. The number of thioether (sulfide) groups is 1. The Morgan fingerprint density at radius 1 is 1.40 bits per heavy atom. The highest BCUT2D eigenvalue weighted by Gasteiger charge is 2.30. The summed E-state index contributed by atoms with van der Waals surface area (Å²) in [6.07, 6.45) is -4.32. The molecule has 7 heteroatoms. The van der Waals surface area contributed by atoms with Crippen LogP contribution in [-0.4, -0.2) is 43.9 Å². The predicted octanol–water partition coefficient (Wildman–Crippen LogP) is 2.90. The van der Waals surface area contributed by atoms with Gasteiger partial charge in [-0.3, -0.25) is 9.69 Å². The van der Waals surface area contributed by atoms with E-state index in [1.54, 1.807) is 18.0 Å². The molecule has 0 saturated heterocycles. The molecule has 0 aliphatic rings. The van der Waals surface area contributed by atoms with Gasteiger partial charge >= 0.3 is 12.1 Å². The van der Waals surface area contributed by atoms with Crippen LogP contribution in [0.25, 0.3) is 0 Å². The average Bonchev–Trinajstić information content (AvgIpc) is 2.38. The number of methoxy groups -OCH3 is 1. The van der Waals surface area contributed by atoms with Crippen LogP contribution in [0.5, 0.6) is 0 Å². The number of alkyl halides is 3. The molecule has 0 fully saturated rings. The van der Waals surface area contributed by atoms with Gasteiger partial charge in [0.15, 0.2) is 0 Å². The minimum atomic E-state index is -4.32. The molecular weight excluding hydrogens is 291 g/mol. The fraction of sp³-hybridized carbons (Fsp3) is 0.462. The molecule has 0 radical (unpaired) electrons. The van der Waals surface area contributed by atoms with Crippen LogP contribution in [0.15, 0.2) is 29.2 Å². The lowest BCUT2D eigenvalue weighted by molar-refractivity contribution is -0.141. The summed E-state index contributed by atoms with van der Waals surface area (Å²) in [6.45, 7) is 0.746. The Labute approximate surface area is 120 Å². The van der Waals surface area contributed by atoms with Crippen molar-refractivity contribution in [3.05, 3.63) is 29.8 Å². The number of rotatable bonds is 6. The van der Waals surface area contributed by atoms with Gasteiger partial charge in [-0.1, -0.05) is 6.07 Å². The van der Waals surface area contributed by atoms with E-state index in [1.807, 2.05) is 0 Å². The zero-order valence-electron chi connectivity index (χ0n) is 11.2. The zero-order valence-corrected chi connectivity index (χ0v) is 12.1. The smallest absolute Gasteiger partial charge is 0.416 e. The second-order valence-electron chi connectivity index (χ2n) is 4.19. The maximum absolute atomic E-state index is 12.5. The first-order chi connectivity index (χ1) is 9.32. The molecule has 112 valence electrons. The molecule has 0 spiro atoms. The van der Waals surface area contributed by atoms with Crippen LogP contribution in [0.4, 0.5) is 13.2 Å². The number of esters is 1. The van der Waals surface area contributed by atoms with Gasteiger partial charge in [0, 0.05) is 17.2 Å². The van der Waals surface area contributed by atoms with Crippen molar-refractivity contribution in [3.8, 4) is 0 Å². The van der Waals surface area contributed by atoms with E-state index in [2.05, 4.69) is 4.74 Å². The van der Waals surface area contributed by atoms with Crippen molar-refractivity contribution in [3.63, 3.8) is 0 Å². The van der Waals surface area contributed by atoms with Crippen molar-refractivity contribution in [1.82, 2.24) is 4.90 Å². The maximum Gasteiger partial charge on any atom is 0.416 e. The van der Waals surface area contributed by atoms with E-state index in [4.69, 9.17) is 0 Å². The number of benzene rings is 1. The first-order valence-corrected chi connectivity index (χ1v) is 6.87. The van der Waals surface area contributed by atoms with Crippen molar-refractivity contribution in [1.29, 1.82) is 0 Å². The number of hydrogen-bond acceptors (Lipinski definition) is 4. The van der Waals surface area contributed by atoms with Gasteiger partial charge in [-0.05, 0) is 25.2 Å². The Morgan fingerprint density at radius 2 is 2.10 bits per heavy atom. The molecule has 0 N–H and O–H groups in total. The molecule has 1 aromatic rings. The second-order valence-corrected chi connectivity index (χ2v) is 5.36. The molecule has 0 atom stereocenters. The first-order valence-electron chi connectivity index (χ1n) is 5.88. The Morgan fingerprint density at radius 3 is 2.70 bits per heavy atom. The van der Waals surface area contributed by atoms with E-state index in [9.17, 15) is 18.0 Å². The Kier molecular flexibility index (Phi) is 6.35. The monoisotopic (exact) mass is 307 g/mol. The first kappa shape index (κ1) is 16.8. The van der Waals surface area contributed by atoms with Crippen molar-refractivity contribution >= 4 is 17.7 Å². The molecule has 0 aliphatic heterocycles. The second kappa shape index (κ2) is 7.54. The third-order valence-corrected chi connectivity index (χ3v) is 3.50. The summed E-state index contributed by atoms with van der Waals surface area (Å²) in [6, 6.07) is 5.21. The van der Waals surface area contributed by atoms with Crippen LogP contribution >= 0.6 is 11.8 Å². The van der Waals surface area contributed by atoms with Crippen LogP contribution in [0.2, 0.25) is 0 Å². The van der Waals surface area contributed by atoms with Crippen LogP contribution in [0.3, 0.4) is 0 Å². The molecule has 20 heavy (non-hydrogen) atoms. The summed E-state index contributed by atoms with van der Waals surface area (Å²) in [5.74, 6) is 0.256. The summed E-state index contributed by atoms with van der Waals surface area (Å²) < 4.78 is 42.1. The quantitative estimate of drug-likeness (QED) is 0.597. The summed E-state index contributed by atoms with van der Waals surface area (Å²) in [4.78, 5) is 13.3. The van der Waals surface area contributed by atoms with Crippen LogP contribution < -0.4 is 0 Å². The summed E-state index contributed by atoms with van der Waals surface area (Å²) >= 11 is 1.32. The Hall–Kier alpha value is -1.21. The van der Waals surface area contributed by atoms with Crippen molar-refractivity contribution in [2.45, 2.75) is 11.1 Å². The SMILES string of the molecule is COC(=O)CN(C)CCSc1cccc(C(F)(F)F)c1. The number of hydrogen-bond donors (Lipinski definition) is 0. The fourth-order valence-electron chi connectivity index (χ4n) is 1.45. The van der Waals surface area contributed by atoms with E-state index in [-0.39, 0.29) is 12.5 Å². The van der Waals surface area contributed by atoms with E-state index in [0.717, 1.165) is 12.1 Å². The lowest BCUT2D eigenvalue weighted by Gasteiger charge is -2.14. The third-order valence-electron chi connectivity index (χ3n) is 2.53. The largest absolute Gasteiger partial charge is 0.468 e. The number of likely N-dealkylation sites (N-methyl/N-ethyl adjacent to an activating group) is 1. The fourth-order valence-corrected chi connectivity index (χ4v) is 2.47. The molecule has 0 aliphatic carbocycles. The van der Waals surface area contributed by atoms with Crippen molar-refractivity contribution in [2.75, 3.05) is 33.0 Å². The highest BCUT2D eigenvalue weighted by atomic mass is 32.2. The lowest BCUT2D eigenvalue weighted by Crippen LogP contribution is -2.28. The van der Waals surface area contributed by atoms with Gasteiger partial charge in [0.2, 0.25) is 0 Å². The topological polar surface area (TPSA) is 29.5 Å². The standard InChI is InChI=1S/C13H16F3NO2S/c1-17(9-12(18)19-2)6-7-20-11-5-3-4-10(8-11)13(14,15)16/h3-5,8H,6-7,9H2,1-2H3. The molecule has 0 unspecified atom stereocenters. The van der Waals surface area contributed by atoms with Gasteiger partial charge in [0.1, 0.15) is 0 Å². The maximum atomic E-state index is 12.5. The van der Waals surface area contributed by atoms with Gasteiger partial charge < -0.3 is 4.74 Å². The van der Waals surface area contributed by atoms with Gasteiger partial charge in [-0.25, -0.2) is 0 Å². The summed E-state index contributed by atoms with van der Waals surface area (Å²) in [7, 11) is 3.07. The van der Waals surface area contributed by atoms with Crippen LogP contribution in [0, 0.1) is 0 Å².